The predicted octanol–water partition coefficient (Wildman–Crippen LogP) is 0.667. The topological polar surface area (TPSA) is 85.4 Å². The summed E-state index contributed by atoms with van der Waals surface area (Å²) in [6.45, 7) is 1.28. The van der Waals surface area contributed by atoms with Crippen LogP contribution >= 0.6 is 0 Å². The Morgan fingerprint density at radius 3 is 2.85 bits per heavy atom. The highest BCUT2D eigenvalue weighted by Crippen LogP contribution is 2.17. The van der Waals surface area contributed by atoms with Crippen LogP contribution in [0.25, 0.3) is 10.9 Å². The molecule has 1 aliphatic rings. The fourth-order valence-corrected chi connectivity index (χ4v) is 2.51. The molecule has 3 N–H and O–H groups in total. The van der Waals surface area contributed by atoms with Crippen molar-refractivity contribution in [3.8, 4) is 0 Å². The molecule has 1 aliphatic heterocycles. The van der Waals surface area contributed by atoms with Crippen LogP contribution in [-0.4, -0.2) is 52.5 Å². The van der Waals surface area contributed by atoms with E-state index in [1.165, 1.54) is 4.90 Å². The van der Waals surface area contributed by atoms with Crippen molar-refractivity contribution in [2.75, 3.05) is 19.6 Å². The Labute approximate surface area is 115 Å². The maximum Gasteiger partial charge on any atom is 0.327 e. The van der Waals surface area contributed by atoms with Crippen LogP contribution in [0.2, 0.25) is 0 Å². The lowest BCUT2D eigenvalue weighted by Gasteiger charge is -2.33. The van der Waals surface area contributed by atoms with Gasteiger partial charge in [-0.2, -0.15) is 0 Å². The monoisotopic (exact) mass is 273 g/mol. The van der Waals surface area contributed by atoms with E-state index in [1.54, 1.807) is 6.07 Å². The van der Waals surface area contributed by atoms with Gasteiger partial charge in [-0.05, 0) is 12.1 Å². The zero-order valence-corrected chi connectivity index (χ0v) is 10.8. The molecule has 1 atom stereocenters. The summed E-state index contributed by atoms with van der Waals surface area (Å²) in [7, 11) is 0. The Hall–Kier alpha value is -2.34. The van der Waals surface area contributed by atoms with Crippen LogP contribution in [-0.2, 0) is 4.79 Å². The molecule has 1 aromatic carbocycles. The first-order valence-corrected chi connectivity index (χ1v) is 6.49. The number of benzene rings is 1. The van der Waals surface area contributed by atoms with Gasteiger partial charge in [0.05, 0.1) is 0 Å². The highest BCUT2D eigenvalue weighted by atomic mass is 16.4. The van der Waals surface area contributed by atoms with Crippen molar-refractivity contribution in [2.24, 2.45) is 0 Å². The van der Waals surface area contributed by atoms with Crippen LogP contribution in [0.1, 0.15) is 10.5 Å². The number of nitrogens with zero attached hydrogens (tertiary/aromatic N) is 1. The molecule has 0 bridgehead atoms. The molecule has 2 aromatic rings. The lowest BCUT2D eigenvalue weighted by Crippen LogP contribution is -2.57. The number of fused-ring (bicyclic) bond motifs is 1. The van der Waals surface area contributed by atoms with Gasteiger partial charge in [-0.1, -0.05) is 18.2 Å². The first-order chi connectivity index (χ1) is 9.66. The van der Waals surface area contributed by atoms with Gasteiger partial charge in [-0.3, -0.25) is 4.79 Å². The zero-order chi connectivity index (χ0) is 14.1. The Morgan fingerprint density at radius 1 is 1.30 bits per heavy atom. The quantitative estimate of drug-likeness (QED) is 0.750. The molecule has 2 heterocycles. The van der Waals surface area contributed by atoms with E-state index in [2.05, 4.69) is 10.3 Å². The fraction of sp³-hybridized carbons (Fsp3) is 0.286. The number of aromatic nitrogens is 1. The molecule has 0 aliphatic carbocycles. The van der Waals surface area contributed by atoms with Crippen molar-refractivity contribution in [1.82, 2.24) is 15.2 Å². The summed E-state index contributed by atoms with van der Waals surface area (Å²) in [5.74, 6) is -1.25. The number of amides is 1. The second-order valence-corrected chi connectivity index (χ2v) is 4.83. The molecule has 1 amide bonds. The summed E-state index contributed by atoms with van der Waals surface area (Å²) < 4.78 is 0. The summed E-state index contributed by atoms with van der Waals surface area (Å²) >= 11 is 0. The molecular weight excluding hydrogens is 258 g/mol. The van der Waals surface area contributed by atoms with Gasteiger partial charge in [-0.15, -0.1) is 0 Å². The minimum absolute atomic E-state index is 0.268. The van der Waals surface area contributed by atoms with Crippen LogP contribution < -0.4 is 5.32 Å². The number of aliphatic carboxylic acids is 1. The number of nitrogens with one attached hydrogen (secondary N) is 2. The molecule has 3 rings (SSSR count). The van der Waals surface area contributed by atoms with E-state index >= 15 is 0 Å². The lowest BCUT2D eigenvalue weighted by molar-refractivity contribution is -0.142. The fourth-order valence-electron chi connectivity index (χ4n) is 2.51. The molecule has 0 spiro atoms. The number of piperazine rings is 1. The third kappa shape index (κ3) is 2.14. The van der Waals surface area contributed by atoms with Crippen LogP contribution in [0.4, 0.5) is 0 Å². The number of carboxylic acids is 1. The summed E-state index contributed by atoms with van der Waals surface area (Å²) in [5.41, 5.74) is 1.30. The second-order valence-electron chi connectivity index (χ2n) is 4.83. The molecule has 0 radical (unpaired) electrons. The van der Waals surface area contributed by atoms with E-state index < -0.39 is 12.0 Å². The zero-order valence-electron chi connectivity index (χ0n) is 10.8. The average Bonchev–Trinajstić information content (AvgIpc) is 2.90. The van der Waals surface area contributed by atoms with E-state index in [9.17, 15) is 14.7 Å². The third-order valence-corrected chi connectivity index (χ3v) is 3.55. The minimum Gasteiger partial charge on any atom is -0.480 e. The van der Waals surface area contributed by atoms with Gasteiger partial charge >= 0.3 is 5.97 Å². The second kappa shape index (κ2) is 4.97. The van der Waals surface area contributed by atoms with Gasteiger partial charge in [0.25, 0.3) is 5.91 Å². The number of rotatable bonds is 2. The van der Waals surface area contributed by atoms with Gasteiger partial charge in [0, 0.05) is 30.5 Å². The minimum atomic E-state index is -0.985. The highest BCUT2D eigenvalue weighted by molar-refractivity contribution is 5.99. The van der Waals surface area contributed by atoms with Crippen molar-refractivity contribution >= 4 is 22.8 Å². The summed E-state index contributed by atoms with van der Waals surface area (Å²) in [6.07, 6.45) is 0. The standard InChI is InChI=1S/C14H15N3O3/c18-13(17-6-5-15-8-12(17)14(19)20)11-7-9-3-1-2-4-10(9)16-11/h1-4,7,12,15-16H,5-6,8H2,(H,19,20). The van der Waals surface area contributed by atoms with E-state index in [0.717, 1.165) is 10.9 Å². The molecule has 1 fully saturated rings. The molecule has 1 aromatic heterocycles. The molecule has 104 valence electrons. The van der Waals surface area contributed by atoms with Crippen molar-refractivity contribution in [2.45, 2.75) is 6.04 Å². The van der Waals surface area contributed by atoms with Crippen molar-refractivity contribution in [1.29, 1.82) is 0 Å². The third-order valence-electron chi connectivity index (χ3n) is 3.55. The highest BCUT2D eigenvalue weighted by Gasteiger charge is 2.32. The van der Waals surface area contributed by atoms with Crippen LogP contribution in [0.15, 0.2) is 30.3 Å². The maximum absolute atomic E-state index is 12.5. The maximum atomic E-state index is 12.5. The first-order valence-electron chi connectivity index (χ1n) is 6.49. The first kappa shape index (κ1) is 12.7. The largest absolute Gasteiger partial charge is 0.480 e. The lowest BCUT2D eigenvalue weighted by atomic mass is 10.1. The van der Waals surface area contributed by atoms with Gasteiger partial charge in [0.15, 0.2) is 0 Å². The van der Waals surface area contributed by atoms with E-state index in [0.29, 0.717) is 18.8 Å². The normalized spacial score (nSPS) is 19.2. The molecular formula is C14H15N3O3. The van der Waals surface area contributed by atoms with E-state index in [-0.39, 0.29) is 12.5 Å². The van der Waals surface area contributed by atoms with Gasteiger partial charge < -0.3 is 20.3 Å². The Kier molecular flexibility index (Phi) is 3.15. The molecule has 6 heteroatoms. The molecule has 20 heavy (non-hydrogen) atoms. The summed E-state index contributed by atoms with van der Waals surface area (Å²) in [5, 5.41) is 13.1. The summed E-state index contributed by atoms with van der Waals surface area (Å²) in [6, 6.07) is 8.53. The number of H-pyrrole nitrogens is 1. The Morgan fingerprint density at radius 2 is 2.10 bits per heavy atom. The van der Waals surface area contributed by atoms with Crippen molar-refractivity contribution in [3.05, 3.63) is 36.0 Å². The number of hydrogen-bond donors (Lipinski definition) is 3. The Balaban J connectivity index is 1.92. The van der Waals surface area contributed by atoms with E-state index in [4.69, 9.17) is 0 Å². The number of para-hydroxylation sites is 1. The molecule has 1 saturated heterocycles. The average molecular weight is 273 g/mol. The number of carbonyl (C=O) groups excluding carboxylic acids is 1. The SMILES string of the molecule is O=C(O)C1CNCCN1C(=O)c1cc2ccccc2[nH]1. The van der Waals surface area contributed by atoms with Crippen LogP contribution in [0, 0.1) is 0 Å². The predicted molar refractivity (Wildman–Crippen MR) is 73.6 cm³/mol. The molecule has 1 unspecified atom stereocenters. The summed E-state index contributed by atoms with van der Waals surface area (Å²) in [4.78, 5) is 28.2. The Bertz CT molecular complexity index is 631. The number of aromatic amines is 1. The van der Waals surface area contributed by atoms with E-state index in [1.807, 2.05) is 24.3 Å². The number of carbonyl (C=O) groups is 2. The van der Waals surface area contributed by atoms with Gasteiger partial charge in [0.2, 0.25) is 0 Å². The smallest absolute Gasteiger partial charge is 0.327 e. The molecule has 6 nitrogen and oxygen atoms in total. The van der Waals surface area contributed by atoms with Crippen molar-refractivity contribution < 1.29 is 14.7 Å². The molecule has 0 saturated carbocycles. The number of hydrogen-bond acceptors (Lipinski definition) is 3. The van der Waals surface area contributed by atoms with Crippen LogP contribution in [0.3, 0.4) is 0 Å². The van der Waals surface area contributed by atoms with Gasteiger partial charge in [0.1, 0.15) is 11.7 Å². The van der Waals surface area contributed by atoms with Gasteiger partial charge in [-0.25, -0.2) is 4.79 Å². The number of carboxylic acid groups (broad SMARTS) is 1. The van der Waals surface area contributed by atoms with Crippen molar-refractivity contribution in [3.63, 3.8) is 0 Å². The van der Waals surface area contributed by atoms with Crippen LogP contribution in [0.5, 0.6) is 0 Å².